The van der Waals surface area contributed by atoms with Crippen LogP contribution < -0.4 is 0 Å². The van der Waals surface area contributed by atoms with Crippen LogP contribution in [0.3, 0.4) is 0 Å². The molecule has 0 aliphatic rings. The quantitative estimate of drug-likeness (QED) is 0.575. The molecule has 0 amide bonds. The molecule has 0 unspecified atom stereocenters. The highest BCUT2D eigenvalue weighted by molar-refractivity contribution is 5.87. The van der Waals surface area contributed by atoms with Gasteiger partial charge in [-0.1, -0.05) is 35.5 Å². The van der Waals surface area contributed by atoms with Gasteiger partial charge in [0.1, 0.15) is 0 Å². The molecule has 0 aliphatic heterocycles. The van der Waals surface area contributed by atoms with Crippen molar-refractivity contribution < 1.29 is 4.52 Å². The van der Waals surface area contributed by atoms with Gasteiger partial charge in [-0.05, 0) is 49.8 Å². The largest absolute Gasteiger partial charge is 0.361 e. The number of nitrogens with zero attached hydrogens (tertiary/aromatic N) is 3. The van der Waals surface area contributed by atoms with Crippen molar-refractivity contribution in [2.75, 3.05) is 20.6 Å². The van der Waals surface area contributed by atoms with Crippen LogP contribution >= 0.6 is 0 Å². The Morgan fingerprint density at radius 2 is 1.92 bits per heavy atom. The number of nitrogens with one attached hydrogen (secondary N) is 1. The van der Waals surface area contributed by atoms with Crippen LogP contribution in [0, 0.1) is 0 Å². The Kier molecular flexibility index (Phi) is 4.54. The van der Waals surface area contributed by atoms with Crippen molar-refractivity contribution in [3.63, 3.8) is 0 Å². The van der Waals surface area contributed by atoms with Crippen LogP contribution in [0.1, 0.15) is 17.0 Å². The molecule has 0 saturated carbocycles. The number of aromatic nitrogens is 3. The molecule has 2 aromatic carbocycles. The van der Waals surface area contributed by atoms with Crippen molar-refractivity contribution in [1.82, 2.24) is 20.0 Å². The summed E-state index contributed by atoms with van der Waals surface area (Å²) < 4.78 is 5.51. The monoisotopic (exact) mass is 346 g/mol. The van der Waals surface area contributed by atoms with Gasteiger partial charge in [0, 0.05) is 35.6 Å². The molecule has 0 fully saturated rings. The fourth-order valence-electron chi connectivity index (χ4n) is 3.08. The molecule has 4 aromatic rings. The van der Waals surface area contributed by atoms with Crippen LogP contribution in [0.2, 0.25) is 0 Å². The average Bonchev–Trinajstić information content (AvgIpc) is 3.27. The molecule has 2 aromatic heterocycles. The fraction of sp³-hybridized carbons (Fsp3) is 0.238. The van der Waals surface area contributed by atoms with E-state index in [0.717, 1.165) is 24.0 Å². The van der Waals surface area contributed by atoms with Gasteiger partial charge in [-0.2, -0.15) is 4.98 Å². The van der Waals surface area contributed by atoms with Gasteiger partial charge >= 0.3 is 0 Å². The number of hydrogen-bond donors (Lipinski definition) is 1. The van der Waals surface area contributed by atoms with Gasteiger partial charge in [-0.25, -0.2) is 0 Å². The zero-order chi connectivity index (χ0) is 17.9. The molecule has 0 radical (unpaired) electrons. The van der Waals surface area contributed by atoms with Crippen LogP contribution in [-0.4, -0.2) is 40.7 Å². The van der Waals surface area contributed by atoms with Gasteiger partial charge in [-0.3, -0.25) is 0 Å². The van der Waals surface area contributed by atoms with Gasteiger partial charge in [0.05, 0.1) is 0 Å². The zero-order valence-corrected chi connectivity index (χ0v) is 15.1. The number of hydrogen-bond acceptors (Lipinski definition) is 4. The highest BCUT2D eigenvalue weighted by Crippen LogP contribution is 2.26. The van der Waals surface area contributed by atoms with Crippen molar-refractivity contribution >= 4 is 10.9 Å². The lowest BCUT2D eigenvalue weighted by atomic mass is 10.1. The number of likely N-dealkylation sites (N-methyl/N-ethyl adjacent to an activating group) is 1. The third-order valence-corrected chi connectivity index (χ3v) is 4.52. The van der Waals surface area contributed by atoms with Crippen LogP contribution in [0.25, 0.3) is 22.4 Å². The number of rotatable bonds is 6. The molecular weight excluding hydrogens is 324 g/mol. The molecule has 0 saturated heterocycles. The third-order valence-electron chi connectivity index (χ3n) is 4.52. The molecule has 4 rings (SSSR count). The topological polar surface area (TPSA) is 58.0 Å². The highest BCUT2D eigenvalue weighted by Gasteiger charge is 2.12. The van der Waals surface area contributed by atoms with E-state index < -0.39 is 0 Å². The first-order chi connectivity index (χ1) is 12.7. The Morgan fingerprint density at radius 3 is 2.73 bits per heavy atom. The lowest BCUT2D eigenvalue weighted by Crippen LogP contribution is -2.14. The second-order valence-electron chi connectivity index (χ2n) is 6.81. The normalized spacial score (nSPS) is 11.5. The molecule has 26 heavy (non-hydrogen) atoms. The van der Waals surface area contributed by atoms with Gasteiger partial charge in [0.25, 0.3) is 5.89 Å². The third kappa shape index (κ3) is 3.53. The van der Waals surface area contributed by atoms with E-state index in [4.69, 9.17) is 4.52 Å². The summed E-state index contributed by atoms with van der Waals surface area (Å²) in [4.78, 5) is 10.1. The second kappa shape index (κ2) is 7.14. The molecule has 5 nitrogen and oxygen atoms in total. The summed E-state index contributed by atoms with van der Waals surface area (Å²) in [5, 5.41) is 5.35. The molecule has 2 heterocycles. The van der Waals surface area contributed by atoms with E-state index in [2.05, 4.69) is 64.6 Å². The molecule has 1 N–H and O–H groups in total. The van der Waals surface area contributed by atoms with Gasteiger partial charge in [-0.15, -0.1) is 0 Å². The van der Waals surface area contributed by atoms with E-state index in [1.807, 2.05) is 24.3 Å². The van der Waals surface area contributed by atoms with Crippen molar-refractivity contribution in [1.29, 1.82) is 0 Å². The number of H-pyrrole nitrogens is 1. The summed E-state index contributed by atoms with van der Waals surface area (Å²) in [6, 6.07) is 16.4. The minimum Gasteiger partial charge on any atom is -0.361 e. The van der Waals surface area contributed by atoms with Crippen molar-refractivity contribution in [3.05, 3.63) is 71.7 Å². The van der Waals surface area contributed by atoms with Crippen molar-refractivity contribution in [2.24, 2.45) is 0 Å². The molecule has 5 heteroatoms. The van der Waals surface area contributed by atoms with Crippen LogP contribution in [0.5, 0.6) is 0 Å². The van der Waals surface area contributed by atoms with E-state index in [0.29, 0.717) is 18.1 Å². The number of benzene rings is 2. The molecule has 0 aliphatic carbocycles. The first-order valence-corrected chi connectivity index (χ1v) is 8.80. The van der Waals surface area contributed by atoms with Gasteiger partial charge in [0.15, 0.2) is 5.82 Å². The van der Waals surface area contributed by atoms with E-state index in [1.165, 1.54) is 16.5 Å². The summed E-state index contributed by atoms with van der Waals surface area (Å²) in [5.41, 5.74) is 4.56. The van der Waals surface area contributed by atoms with E-state index in [9.17, 15) is 0 Å². The zero-order valence-electron chi connectivity index (χ0n) is 15.1. The maximum absolute atomic E-state index is 5.51. The van der Waals surface area contributed by atoms with Gasteiger partial charge < -0.3 is 14.4 Å². The summed E-state index contributed by atoms with van der Waals surface area (Å²) >= 11 is 0. The summed E-state index contributed by atoms with van der Waals surface area (Å²) in [6.07, 6.45) is 3.76. The minimum atomic E-state index is 0.567. The van der Waals surface area contributed by atoms with E-state index >= 15 is 0 Å². The Hall–Kier alpha value is -2.92. The van der Waals surface area contributed by atoms with Crippen LogP contribution in [0.15, 0.2) is 59.3 Å². The van der Waals surface area contributed by atoms with Gasteiger partial charge in [0.2, 0.25) is 0 Å². The molecule has 0 bridgehead atoms. The lowest BCUT2D eigenvalue weighted by molar-refractivity contribution is 0.414. The summed E-state index contributed by atoms with van der Waals surface area (Å²) in [7, 11) is 4.18. The first kappa shape index (κ1) is 16.5. The number of aromatic amines is 1. The van der Waals surface area contributed by atoms with Crippen LogP contribution in [0.4, 0.5) is 0 Å². The molecule has 0 atom stereocenters. The van der Waals surface area contributed by atoms with Crippen molar-refractivity contribution in [3.8, 4) is 11.5 Å². The Bertz CT molecular complexity index is 1000. The SMILES string of the molecule is CN(C)CCc1c[nH]c2ccc(-c3nc(Cc4ccccc4)no3)cc12. The maximum atomic E-state index is 5.51. The Morgan fingerprint density at radius 1 is 1.08 bits per heavy atom. The fourth-order valence-corrected chi connectivity index (χ4v) is 3.08. The second-order valence-corrected chi connectivity index (χ2v) is 6.81. The predicted octanol–water partition coefficient (Wildman–Crippen LogP) is 3.91. The molecule has 0 spiro atoms. The smallest absolute Gasteiger partial charge is 0.257 e. The Labute approximate surface area is 152 Å². The first-order valence-electron chi connectivity index (χ1n) is 8.80. The number of fused-ring (bicyclic) bond motifs is 1. The molecule has 132 valence electrons. The lowest BCUT2D eigenvalue weighted by Gasteiger charge is -2.08. The van der Waals surface area contributed by atoms with Crippen LogP contribution in [-0.2, 0) is 12.8 Å². The van der Waals surface area contributed by atoms with E-state index in [-0.39, 0.29) is 0 Å². The van der Waals surface area contributed by atoms with Crippen molar-refractivity contribution in [2.45, 2.75) is 12.8 Å². The standard InChI is InChI=1S/C21H22N4O/c1-25(2)11-10-17-14-22-19-9-8-16(13-18(17)19)21-23-20(24-26-21)12-15-6-4-3-5-7-15/h3-9,13-14,22H,10-12H2,1-2H3. The predicted molar refractivity (Wildman–Crippen MR) is 103 cm³/mol. The highest BCUT2D eigenvalue weighted by atomic mass is 16.5. The maximum Gasteiger partial charge on any atom is 0.257 e. The minimum absolute atomic E-state index is 0.567. The molecular formula is C21H22N4O. The summed E-state index contributed by atoms with van der Waals surface area (Å²) in [6.45, 7) is 1.01. The summed E-state index contributed by atoms with van der Waals surface area (Å²) in [5.74, 6) is 1.27. The van der Waals surface area contributed by atoms with E-state index in [1.54, 1.807) is 0 Å². The Balaban J connectivity index is 1.59. The average molecular weight is 346 g/mol.